The number of H-pyrrole nitrogens is 1. The zero-order valence-corrected chi connectivity index (χ0v) is 12.1. The third kappa shape index (κ3) is 2.06. The van der Waals surface area contributed by atoms with Crippen molar-refractivity contribution < 1.29 is 0 Å². The van der Waals surface area contributed by atoms with Gasteiger partial charge >= 0.3 is 0 Å². The van der Waals surface area contributed by atoms with E-state index in [1.807, 2.05) is 0 Å². The maximum atomic E-state index is 4.89. The fourth-order valence-electron chi connectivity index (χ4n) is 3.28. The molecule has 3 heteroatoms. The smallest absolute Gasteiger partial charge is 0.114 e. The van der Waals surface area contributed by atoms with E-state index >= 15 is 0 Å². The molecule has 1 aliphatic rings. The molecule has 0 aliphatic carbocycles. The molecular weight excluding hydrogens is 234 g/mol. The third-order valence-corrected chi connectivity index (χ3v) is 4.57. The van der Waals surface area contributed by atoms with Gasteiger partial charge in [-0.1, -0.05) is 13.3 Å². The molecule has 0 spiro atoms. The van der Waals surface area contributed by atoms with Gasteiger partial charge in [0.05, 0.1) is 11.0 Å². The minimum atomic E-state index is 0.218. The van der Waals surface area contributed by atoms with Crippen molar-refractivity contribution in [3.8, 4) is 0 Å². The van der Waals surface area contributed by atoms with Crippen molar-refractivity contribution in [2.75, 3.05) is 13.1 Å². The maximum absolute atomic E-state index is 4.89. The summed E-state index contributed by atoms with van der Waals surface area (Å²) < 4.78 is 0. The lowest BCUT2D eigenvalue weighted by atomic mass is 9.82. The Labute approximate surface area is 114 Å². The molecule has 2 N–H and O–H groups in total. The van der Waals surface area contributed by atoms with Gasteiger partial charge < -0.3 is 10.3 Å². The molecule has 3 rings (SSSR count). The van der Waals surface area contributed by atoms with E-state index in [1.54, 1.807) is 0 Å². The molecule has 0 radical (unpaired) electrons. The normalized spacial score (nSPS) is 23.3. The zero-order valence-electron chi connectivity index (χ0n) is 12.1. The second kappa shape index (κ2) is 4.64. The van der Waals surface area contributed by atoms with E-state index in [2.05, 4.69) is 43.2 Å². The van der Waals surface area contributed by atoms with Gasteiger partial charge in [0.2, 0.25) is 0 Å². The van der Waals surface area contributed by atoms with Gasteiger partial charge in [-0.3, -0.25) is 0 Å². The van der Waals surface area contributed by atoms with Crippen molar-refractivity contribution in [1.82, 2.24) is 15.3 Å². The van der Waals surface area contributed by atoms with Crippen LogP contribution >= 0.6 is 0 Å². The molecular formula is C16H23N3. The lowest BCUT2D eigenvalue weighted by Crippen LogP contribution is -2.30. The molecule has 1 saturated heterocycles. The maximum Gasteiger partial charge on any atom is 0.114 e. The number of aryl methyl sites for hydroxylation is 2. The third-order valence-electron chi connectivity index (χ3n) is 4.57. The standard InChI is InChI=1S/C16H23N3/c1-4-5-16(6-7-17-10-16)15-18-13-8-11(2)12(3)9-14(13)19-15/h8-9,17H,4-7,10H2,1-3H3,(H,18,19). The van der Waals surface area contributed by atoms with Crippen LogP contribution in [0.2, 0.25) is 0 Å². The molecule has 1 aromatic carbocycles. The van der Waals surface area contributed by atoms with E-state index in [0.29, 0.717) is 0 Å². The predicted molar refractivity (Wildman–Crippen MR) is 79.6 cm³/mol. The van der Waals surface area contributed by atoms with E-state index in [4.69, 9.17) is 4.98 Å². The van der Waals surface area contributed by atoms with Crippen LogP contribution in [0.4, 0.5) is 0 Å². The van der Waals surface area contributed by atoms with E-state index < -0.39 is 0 Å². The van der Waals surface area contributed by atoms with E-state index in [9.17, 15) is 0 Å². The molecule has 2 aromatic rings. The largest absolute Gasteiger partial charge is 0.341 e. The molecule has 0 amide bonds. The first-order chi connectivity index (χ1) is 9.14. The first kappa shape index (κ1) is 12.7. The van der Waals surface area contributed by atoms with Crippen LogP contribution in [-0.2, 0) is 5.41 Å². The van der Waals surface area contributed by atoms with Crippen molar-refractivity contribution in [1.29, 1.82) is 0 Å². The van der Waals surface area contributed by atoms with Crippen LogP contribution in [0.3, 0.4) is 0 Å². The number of rotatable bonds is 3. The molecule has 0 bridgehead atoms. The molecule has 1 atom stereocenters. The highest BCUT2D eigenvalue weighted by Gasteiger charge is 2.37. The lowest BCUT2D eigenvalue weighted by Gasteiger charge is -2.25. The SMILES string of the molecule is CCCC1(c2nc3cc(C)c(C)cc3[nH]2)CCNC1. The number of benzene rings is 1. The Balaban J connectivity index is 2.09. The van der Waals surface area contributed by atoms with E-state index in [-0.39, 0.29) is 5.41 Å². The zero-order chi connectivity index (χ0) is 13.5. The Bertz CT molecular complexity index is 552. The van der Waals surface area contributed by atoms with Crippen molar-refractivity contribution >= 4 is 11.0 Å². The Morgan fingerprint density at radius 3 is 2.74 bits per heavy atom. The van der Waals surface area contributed by atoms with Crippen LogP contribution in [-0.4, -0.2) is 23.1 Å². The highest BCUT2D eigenvalue weighted by atomic mass is 15.0. The quantitative estimate of drug-likeness (QED) is 0.886. The monoisotopic (exact) mass is 257 g/mol. The van der Waals surface area contributed by atoms with Crippen LogP contribution in [0.15, 0.2) is 12.1 Å². The molecule has 1 fully saturated rings. The molecule has 1 aliphatic heterocycles. The molecule has 3 nitrogen and oxygen atoms in total. The number of hydrogen-bond donors (Lipinski definition) is 2. The Kier molecular flexibility index (Phi) is 3.09. The second-order valence-corrected chi connectivity index (χ2v) is 6.00. The van der Waals surface area contributed by atoms with Gasteiger partial charge in [0.15, 0.2) is 0 Å². The van der Waals surface area contributed by atoms with Crippen molar-refractivity contribution in [3.63, 3.8) is 0 Å². The average Bonchev–Trinajstić information content (AvgIpc) is 2.98. The highest BCUT2D eigenvalue weighted by Crippen LogP contribution is 2.34. The number of aromatic amines is 1. The average molecular weight is 257 g/mol. The Hall–Kier alpha value is -1.35. The molecule has 1 aromatic heterocycles. The molecule has 2 heterocycles. The number of imidazole rings is 1. The summed E-state index contributed by atoms with van der Waals surface area (Å²) >= 11 is 0. The van der Waals surface area contributed by atoms with Crippen LogP contribution in [0.1, 0.15) is 43.1 Å². The minimum absolute atomic E-state index is 0.218. The van der Waals surface area contributed by atoms with Gasteiger partial charge in [0, 0.05) is 12.0 Å². The van der Waals surface area contributed by atoms with E-state index in [1.165, 1.54) is 41.7 Å². The van der Waals surface area contributed by atoms with Crippen molar-refractivity contribution in [3.05, 3.63) is 29.1 Å². The summed E-state index contributed by atoms with van der Waals surface area (Å²) in [6.07, 6.45) is 3.60. The van der Waals surface area contributed by atoms with Crippen LogP contribution in [0, 0.1) is 13.8 Å². The summed E-state index contributed by atoms with van der Waals surface area (Å²) in [6.45, 7) is 8.74. The summed E-state index contributed by atoms with van der Waals surface area (Å²) in [5.41, 5.74) is 5.16. The fourth-order valence-corrected chi connectivity index (χ4v) is 3.28. The Morgan fingerprint density at radius 2 is 2.05 bits per heavy atom. The molecule has 0 saturated carbocycles. The number of nitrogens with one attached hydrogen (secondary N) is 2. The Morgan fingerprint density at radius 1 is 1.26 bits per heavy atom. The first-order valence-electron chi connectivity index (χ1n) is 7.33. The number of fused-ring (bicyclic) bond motifs is 1. The van der Waals surface area contributed by atoms with Crippen molar-refractivity contribution in [2.24, 2.45) is 0 Å². The number of aromatic nitrogens is 2. The van der Waals surface area contributed by atoms with E-state index in [0.717, 1.165) is 18.6 Å². The van der Waals surface area contributed by atoms with Crippen LogP contribution < -0.4 is 5.32 Å². The van der Waals surface area contributed by atoms with Gasteiger partial charge in [0.1, 0.15) is 5.82 Å². The summed E-state index contributed by atoms with van der Waals surface area (Å²) in [6, 6.07) is 4.43. The number of hydrogen-bond acceptors (Lipinski definition) is 2. The van der Waals surface area contributed by atoms with Gasteiger partial charge in [-0.25, -0.2) is 4.98 Å². The number of nitrogens with zero attached hydrogens (tertiary/aromatic N) is 1. The summed E-state index contributed by atoms with van der Waals surface area (Å²) in [5.74, 6) is 1.18. The van der Waals surface area contributed by atoms with Gasteiger partial charge in [-0.05, 0) is 56.5 Å². The van der Waals surface area contributed by atoms with Gasteiger partial charge in [-0.2, -0.15) is 0 Å². The molecule has 19 heavy (non-hydrogen) atoms. The fraction of sp³-hybridized carbons (Fsp3) is 0.562. The lowest BCUT2D eigenvalue weighted by molar-refractivity contribution is 0.406. The van der Waals surface area contributed by atoms with Crippen molar-refractivity contribution in [2.45, 2.75) is 45.4 Å². The van der Waals surface area contributed by atoms with Gasteiger partial charge in [-0.15, -0.1) is 0 Å². The summed E-state index contributed by atoms with van der Waals surface area (Å²) in [7, 11) is 0. The predicted octanol–water partition coefficient (Wildman–Crippen LogP) is 3.21. The summed E-state index contributed by atoms with van der Waals surface area (Å²) in [4.78, 5) is 8.47. The minimum Gasteiger partial charge on any atom is -0.341 e. The first-order valence-corrected chi connectivity index (χ1v) is 7.33. The summed E-state index contributed by atoms with van der Waals surface area (Å²) in [5, 5.41) is 3.50. The highest BCUT2D eigenvalue weighted by molar-refractivity contribution is 5.77. The van der Waals surface area contributed by atoms with Crippen LogP contribution in [0.25, 0.3) is 11.0 Å². The van der Waals surface area contributed by atoms with Crippen LogP contribution in [0.5, 0.6) is 0 Å². The second-order valence-electron chi connectivity index (χ2n) is 6.00. The molecule has 102 valence electrons. The molecule has 1 unspecified atom stereocenters. The van der Waals surface area contributed by atoms with Gasteiger partial charge in [0.25, 0.3) is 0 Å². The topological polar surface area (TPSA) is 40.7 Å².